The number of nitrogens with one attached hydrogen (secondary N) is 1. The van der Waals surface area contributed by atoms with Crippen LogP contribution in [0.4, 0.5) is 5.69 Å². The SMILES string of the molecule is Cc1n[nH]c(C)c1S(=O)(=O)N1CCN(c2cc(Cl)ccc2Cl)CC1. The summed E-state index contributed by atoms with van der Waals surface area (Å²) in [5, 5.41) is 7.93. The van der Waals surface area contributed by atoms with Crippen LogP contribution < -0.4 is 4.90 Å². The molecule has 6 nitrogen and oxygen atoms in total. The van der Waals surface area contributed by atoms with Gasteiger partial charge in [0.05, 0.1) is 22.1 Å². The number of hydrogen-bond acceptors (Lipinski definition) is 4. The van der Waals surface area contributed by atoms with Crippen molar-refractivity contribution in [2.45, 2.75) is 18.7 Å². The van der Waals surface area contributed by atoms with E-state index in [1.165, 1.54) is 4.31 Å². The number of H-pyrrole nitrogens is 1. The maximum atomic E-state index is 12.9. The zero-order valence-corrected chi connectivity index (χ0v) is 15.7. The van der Waals surface area contributed by atoms with E-state index in [-0.39, 0.29) is 4.90 Å². The zero-order valence-electron chi connectivity index (χ0n) is 13.4. The average molecular weight is 389 g/mol. The Labute approximate surface area is 151 Å². The molecule has 2 aromatic rings. The second-order valence-electron chi connectivity index (χ2n) is 5.75. The van der Waals surface area contributed by atoms with Crippen LogP contribution in [0.15, 0.2) is 23.1 Å². The van der Waals surface area contributed by atoms with E-state index in [1.807, 2.05) is 0 Å². The van der Waals surface area contributed by atoms with E-state index in [9.17, 15) is 8.42 Å². The lowest BCUT2D eigenvalue weighted by atomic mass is 10.2. The fourth-order valence-electron chi connectivity index (χ4n) is 2.95. The first-order valence-corrected chi connectivity index (χ1v) is 9.72. The Balaban J connectivity index is 1.79. The van der Waals surface area contributed by atoms with Crippen LogP contribution in [0.5, 0.6) is 0 Å². The average Bonchev–Trinajstić information content (AvgIpc) is 2.89. The number of piperazine rings is 1. The normalized spacial score (nSPS) is 16.6. The van der Waals surface area contributed by atoms with Gasteiger partial charge in [0.25, 0.3) is 0 Å². The number of aromatic amines is 1. The van der Waals surface area contributed by atoms with Gasteiger partial charge in [-0.3, -0.25) is 5.10 Å². The molecule has 130 valence electrons. The van der Waals surface area contributed by atoms with E-state index in [4.69, 9.17) is 23.2 Å². The molecule has 0 saturated carbocycles. The standard InChI is InChI=1S/C15H18Cl2N4O2S/c1-10-15(11(2)19-18-10)24(22,23)21-7-5-20(6-8-21)14-9-12(16)3-4-13(14)17/h3-4,9H,5-8H2,1-2H3,(H,18,19). The number of aryl methyl sites for hydroxylation is 2. The molecule has 1 N–H and O–H groups in total. The summed E-state index contributed by atoms with van der Waals surface area (Å²) in [7, 11) is -3.55. The topological polar surface area (TPSA) is 69.3 Å². The molecule has 1 aromatic carbocycles. The number of halogens is 2. The van der Waals surface area contributed by atoms with Gasteiger partial charge >= 0.3 is 0 Å². The van der Waals surface area contributed by atoms with Crippen molar-refractivity contribution in [3.8, 4) is 0 Å². The van der Waals surface area contributed by atoms with Crippen molar-refractivity contribution in [2.75, 3.05) is 31.1 Å². The number of benzene rings is 1. The van der Waals surface area contributed by atoms with Gasteiger partial charge in [-0.15, -0.1) is 0 Å². The highest BCUT2D eigenvalue weighted by atomic mass is 35.5. The van der Waals surface area contributed by atoms with Crippen molar-refractivity contribution >= 4 is 38.9 Å². The van der Waals surface area contributed by atoms with Crippen molar-refractivity contribution in [3.05, 3.63) is 39.6 Å². The van der Waals surface area contributed by atoms with Crippen LogP contribution >= 0.6 is 23.2 Å². The molecule has 3 rings (SSSR count). The lowest BCUT2D eigenvalue weighted by Crippen LogP contribution is -2.48. The summed E-state index contributed by atoms with van der Waals surface area (Å²) in [6.07, 6.45) is 0. The molecule has 1 saturated heterocycles. The molecule has 2 heterocycles. The summed E-state index contributed by atoms with van der Waals surface area (Å²) in [4.78, 5) is 2.33. The van der Waals surface area contributed by atoms with Crippen molar-refractivity contribution in [1.29, 1.82) is 0 Å². The summed E-state index contributed by atoms with van der Waals surface area (Å²) in [5.74, 6) is 0. The van der Waals surface area contributed by atoms with Gasteiger partial charge in [-0.25, -0.2) is 8.42 Å². The first-order valence-electron chi connectivity index (χ1n) is 7.52. The number of aromatic nitrogens is 2. The molecule has 0 unspecified atom stereocenters. The van der Waals surface area contributed by atoms with Gasteiger partial charge in [0.2, 0.25) is 10.0 Å². The lowest BCUT2D eigenvalue weighted by Gasteiger charge is -2.35. The minimum atomic E-state index is -3.55. The second kappa shape index (κ2) is 6.55. The first-order chi connectivity index (χ1) is 11.3. The van der Waals surface area contributed by atoms with Crippen molar-refractivity contribution < 1.29 is 8.42 Å². The molecular weight excluding hydrogens is 371 g/mol. The fourth-order valence-corrected chi connectivity index (χ4v) is 5.10. The number of nitrogens with zero attached hydrogens (tertiary/aromatic N) is 3. The molecule has 0 spiro atoms. The maximum absolute atomic E-state index is 12.9. The predicted octanol–water partition coefficient (Wildman–Crippen LogP) is 2.84. The lowest BCUT2D eigenvalue weighted by molar-refractivity contribution is 0.384. The maximum Gasteiger partial charge on any atom is 0.246 e. The van der Waals surface area contributed by atoms with Gasteiger partial charge in [0.15, 0.2) is 0 Å². The molecule has 0 atom stereocenters. The second-order valence-corrected chi connectivity index (χ2v) is 8.47. The quantitative estimate of drug-likeness (QED) is 0.877. The molecule has 0 radical (unpaired) electrons. The van der Waals surface area contributed by atoms with E-state index < -0.39 is 10.0 Å². The van der Waals surface area contributed by atoms with Gasteiger partial charge in [-0.2, -0.15) is 9.40 Å². The van der Waals surface area contributed by atoms with Gasteiger partial charge < -0.3 is 4.90 Å². The minimum absolute atomic E-state index is 0.275. The summed E-state index contributed by atoms with van der Waals surface area (Å²) >= 11 is 12.3. The Morgan fingerprint density at radius 1 is 1.12 bits per heavy atom. The Bertz CT molecular complexity index is 839. The molecule has 1 aromatic heterocycles. The van der Waals surface area contributed by atoms with E-state index in [1.54, 1.807) is 32.0 Å². The molecule has 0 amide bonds. The minimum Gasteiger partial charge on any atom is -0.368 e. The molecule has 1 aliphatic heterocycles. The predicted molar refractivity (Wildman–Crippen MR) is 95.5 cm³/mol. The Morgan fingerprint density at radius 3 is 2.38 bits per heavy atom. The third-order valence-corrected chi connectivity index (χ3v) is 6.86. The number of rotatable bonds is 3. The molecule has 1 fully saturated rings. The Morgan fingerprint density at radius 2 is 1.79 bits per heavy atom. The monoisotopic (exact) mass is 388 g/mol. The Kier molecular flexibility index (Phi) is 4.79. The summed E-state index contributed by atoms with van der Waals surface area (Å²) in [5.41, 5.74) is 1.89. The summed E-state index contributed by atoms with van der Waals surface area (Å²) in [6, 6.07) is 5.29. The smallest absolute Gasteiger partial charge is 0.246 e. The molecular formula is C15H18Cl2N4O2S. The van der Waals surface area contributed by atoms with E-state index in [2.05, 4.69) is 15.1 Å². The highest BCUT2D eigenvalue weighted by Gasteiger charge is 2.32. The van der Waals surface area contributed by atoms with E-state index in [0.29, 0.717) is 47.6 Å². The third kappa shape index (κ3) is 3.13. The molecule has 0 aliphatic carbocycles. The third-order valence-electron chi connectivity index (χ3n) is 4.15. The van der Waals surface area contributed by atoms with E-state index in [0.717, 1.165) is 5.69 Å². The van der Waals surface area contributed by atoms with Gasteiger partial charge in [-0.1, -0.05) is 23.2 Å². The Hall–Kier alpha value is -1.28. The van der Waals surface area contributed by atoms with Gasteiger partial charge in [0.1, 0.15) is 4.90 Å². The molecule has 0 bridgehead atoms. The van der Waals surface area contributed by atoms with E-state index >= 15 is 0 Å². The van der Waals surface area contributed by atoms with Gasteiger partial charge in [-0.05, 0) is 32.0 Å². The summed E-state index contributed by atoms with van der Waals surface area (Å²) < 4.78 is 27.2. The molecule has 1 aliphatic rings. The van der Waals surface area contributed by atoms with Crippen LogP contribution in [-0.2, 0) is 10.0 Å². The number of hydrogen-bond donors (Lipinski definition) is 1. The van der Waals surface area contributed by atoms with Crippen molar-refractivity contribution in [1.82, 2.24) is 14.5 Å². The van der Waals surface area contributed by atoms with Crippen LogP contribution in [0.25, 0.3) is 0 Å². The van der Waals surface area contributed by atoms with Crippen LogP contribution in [-0.4, -0.2) is 49.1 Å². The fraction of sp³-hybridized carbons (Fsp3) is 0.400. The van der Waals surface area contributed by atoms with Crippen LogP contribution in [0, 0.1) is 13.8 Å². The van der Waals surface area contributed by atoms with Crippen LogP contribution in [0.1, 0.15) is 11.4 Å². The molecule has 9 heteroatoms. The largest absolute Gasteiger partial charge is 0.368 e. The van der Waals surface area contributed by atoms with Crippen molar-refractivity contribution in [2.24, 2.45) is 0 Å². The highest BCUT2D eigenvalue weighted by molar-refractivity contribution is 7.89. The van der Waals surface area contributed by atoms with Gasteiger partial charge in [0, 0.05) is 31.2 Å². The van der Waals surface area contributed by atoms with Crippen LogP contribution in [0.3, 0.4) is 0 Å². The molecule has 24 heavy (non-hydrogen) atoms. The first kappa shape index (κ1) is 17.5. The van der Waals surface area contributed by atoms with Crippen LogP contribution in [0.2, 0.25) is 10.0 Å². The number of anilines is 1. The summed E-state index contributed by atoms with van der Waals surface area (Å²) in [6.45, 7) is 5.28. The van der Waals surface area contributed by atoms with Crippen molar-refractivity contribution in [3.63, 3.8) is 0 Å². The number of sulfonamides is 1. The highest BCUT2D eigenvalue weighted by Crippen LogP contribution is 2.31. The zero-order chi connectivity index (χ0) is 17.5.